The normalized spacial score (nSPS) is 10.4. The fraction of sp³-hybridized carbons (Fsp3) is 0.278. The molecule has 0 saturated carbocycles. The fourth-order valence-electron chi connectivity index (χ4n) is 2.39. The molecular formula is C18H19FN2O4. The summed E-state index contributed by atoms with van der Waals surface area (Å²) in [5.74, 6) is -1.85. The Balaban J connectivity index is 2.29. The van der Waals surface area contributed by atoms with Crippen LogP contribution >= 0.6 is 0 Å². The van der Waals surface area contributed by atoms with Gasteiger partial charge in [0.1, 0.15) is 18.1 Å². The number of hydrogen-bond acceptors (Lipinski definition) is 4. The van der Waals surface area contributed by atoms with Gasteiger partial charge in [-0.2, -0.15) is 0 Å². The second-order valence-electron chi connectivity index (χ2n) is 5.49. The van der Waals surface area contributed by atoms with Crippen molar-refractivity contribution < 1.29 is 23.5 Å². The fourth-order valence-corrected chi connectivity index (χ4v) is 2.39. The largest absolute Gasteiger partial charge is 0.465 e. The van der Waals surface area contributed by atoms with Gasteiger partial charge in [0, 0.05) is 25.9 Å². The monoisotopic (exact) mass is 346 g/mol. The maximum atomic E-state index is 13.0. The minimum atomic E-state index is -0.529. The van der Waals surface area contributed by atoms with Crippen molar-refractivity contribution in [3.05, 3.63) is 59.2 Å². The Morgan fingerprint density at radius 1 is 1.16 bits per heavy atom. The lowest BCUT2D eigenvalue weighted by molar-refractivity contribution is -0.143. The van der Waals surface area contributed by atoms with E-state index in [0.717, 1.165) is 0 Å². The molecule has 1 aromatic heterocycles. The summed E-state index contributed by atoms with van der Waals surface area (Å²) in [6, 6.07) is 6.62. The molecule has 1 amide bonds. The molecule has 0 aliphatic rings. The van der Waals surface area contributed by atoms with Gasteiger partial charge in [-0.3, -0.25) is 14.4 Å². The Morgan fingerprint density at radius 3 is 2.40 bits per heavy atom. The van der Waals surface area contributed by atoms with Gasteiger partial charge in [0.25, 0.3) is 5.91 Å². The number of esters is 1. The second kappa shape index (κ2) is 7.74. The number of aromatic nitrogens is 1. The van der Waals surface area contributed by atoms with Crippen molar-refractivity contribution >= 4 is 17.7 Å². The summed E-state index contributed by atoms with van der Waals surface area (Å²) in [5.41, 5.74) is 0.616. The number of halogens is 1. The van der Waals surface area contributed by atoms with Gasteiger partial charge in [-0.25, -0.2) is 4.39 Å². The quantitative estimate of drug-likeness (QED) is 0.593. The molecule has 2 aromatic rings. The van der Waals surface area contributed by atoms with Crippen molar-refractivity contribution in [3.8, 4) is 0 Å². The summed E-state index contributed by atoms with van der Waals surface area (Å²) in [6.45, 7) is 1.68. The van der Waals surface area contributed by atoms with Gasteiger partial charge in [-0.15, -0.1) is 0 Å². The van der Waals surface area contributed by atoms with Crippen LogP contribution in [0.1, 0.15) is 33.3 Å². The SMILES string of the molecule is CCOC(=O)CN(C)C(=O)c1c(C(=O)c2ccc(F)cc2)ccn1C. The number of nitrogens with zero attached hydrogens (tertiary/aromatic N) is 2. The number of likely N-dealkylation sites (N-methyl/N-ethyl adjacent to an activating group) is 1. The molecule has 0 atom stereocenters. The third-order valence-electron chi connectivity index (χ3n) is 3.64. The summed E-state index contributed by atoms with van der Waals surface area (Å²) in [4.78, 5) is 38.1. The summed E-state index contributed by atoms with van der Waals surface area (Å²) < 4.78 is 19.4. The Bertz CT molecular complexity index is 796. The second-order valence-corrected chi connectivity index (χ2v) is 5.49. The number of ketones is 1. The highest BCUT2D eigenvalue weighted by Crippen LogP contribution is 2.18. The van der Waals surface area contributed by atoms with Gasteiger partial charge in [0.2, 0.25) is 0 Å². The molecule has 0 fully saturated rings. The number of aryl methyl sites for hydroxylation is 1. The zero-order valence-electron chi connectivity index (χ0n) is 14.3. The number of hydrogen-bond donors (Lipinski definition) is 0. The van der Waals surface area contributed by atoms with E-state index in [2.05, 4.69) is 0 Å². The predicted octanol–water partition coefficient (Wildman–Crippen LogP) is 2.03. The van der Waals surface area contributed by atoms with Crippen molar-refractivity contribution in [2.45, 2.75) is 6.92 Å². The van der Waals surface area contributed by atoms with Gasteiger partial charge in [0.15, 0.2) is 5.78 Å². The molecule has 0 spiro atoms. The summed E-state index contributed by atoms with van der Waals surface area (Å²) >= 11 is 0. The van der Waals surface area contributed by atoms with Crippen LogP contribution in [0.4, 0.5) is 4.39 Å². The Morgan fingerprint density at radius 2 is 1.80 bits per heavy atom. The van der Waals surface area contributed by atoms with E-state index in [1.165, 1.54) is 46.8 Å². The molecule has 1 aromatic carbocycles. The van der Waals surface area contributed by atoms with Crippen LogP contribution in [0.3, 0.4) is 0 Å². The van der Waals surface area contributed by atoms with Crippen molar-refractivity contribution in [2.75, 3.05) is 20.2 Å². The van der Waals surface area contributed by atoms with Crippen LogP contribution in [-0.2, 0) is 16.6 Å². The maximum absolute atomic E-state index is 13.0. The Hall–Kier alpha value is -2.96. The maximum Gasteiger partial charge on any atom is 0.325 e. The summed E-state index contributed by atoms with van der Waals surface area (Å²) in [5, 5.41) is 0. The zero-order valence-corrected chi connectivity index (χ0v) is 14.3. The Labute approximate surface area is 144 Å². The van der Waals surface area contributed by atoms with Crippen LogP contribution in [0, 0.1) is 5.82 Å². The molecule has 7 heteroatoms. The average molecular weight is 346 g/mol. The molecule has 1 heterocycles. The minimum absolute atomic E-state index is 0.154. The first-order valence-electron chi connectivity index (χ1n) is 7.71. The lowest BCUT2D eigenvalue weighted by Gasteiger charge is -2.17. The molecule has 0 N–H and O–H groups in total. The third kappa shape index (κ3) is 4.12. The predicted molar refractivity (Wildman–Crippen MR) is 88.8 cm³/mol. The van der Waals surface area contributed by atoms with Crippen LogP contribution in [0.15, 0.2) is 36.5 Å². The van der Waals surface area contributed by atoms with Gasteiger partial charge >= 0.3 is 5.97 Å². The van der Waals surface area contributed by atoms with Crippen LogP contribution in [0.2, 0.25) is 0 Å². The van der Waals surface area contributed by atoms with E-state index in [4.69, 9.17) is 4.74 Å². The Kier molecular flexibility index (Phi) is 5.69. The molecule has 0 aliphatic carbocycles. The minimum Gasteiger partial charge on any atom is -0.465 e. The van der Waals surface area contributed by atoms with E-state index < -0.39 is 23.5 Å². The van der Waals surface area contributed by atoms with Crippen LogP contribution in [0.25, 0.3) is 0 Å². The molecule has 0 radical (unpaired) electrons. The molecule has 0 bridgehead atoms. The highest BCUT2D eigenvalue weighted by Gasteiger charge is 2.25. The van der Waals surface area contributed by atoms with Gasteiger partial charge in [-0.05, 0) is 37.3 Å². The van der Waals surface area contributed by atoms with E-state index in [9.17, 15) is 18.8 Å². The average Bonchev–Trinajstić information content (AvgIpc) is 2.95. The first-order valence-corrected chi connectivity index (χ1v) is 7.71. The van der Waals surface area contributed by atoms with Crippen LogP contribution in [0.5, 0.6) is 0 Å². The topological polar surface area (TPSA) is 68.6 Å². The molecule has 6 nitrogen and oxygen atoms in total. The van der Waals surface area contributed by atoms with E-state index in [0.29, 0.717) is 0 Å². The number of benzene rings is 1. The standard InChI is InChI=1S/C18H19FN2O4/c1-4-25-15(22)11-21(3)18(24)16-14(9-10-20(16)2)17(23)12-5-7-13(19)8-6-12/h5-10H,4,11H2,1-3H3. The van der Waals surface area contributed by atoms with Gasteiger partial charge in [-0.1, -0.05) is 0 Å². The number of carbonyl (C=O) groups is 3. The molecule has 0 saturated heterocycles. The number of rotatable bonds is 6. The number of ether oxygens (including phenoxy) is 1. The molecule has 0 unspecified atom stereocenters. The number of amides is 1. The first-order chi connectivity index (χ1) is 11.8. The van der Waals surface area contributed by atoms with Crippen molar-refractivity contribution in [2.24, 2.45) is 7.05 Å². The molecular weight excluding hydrogens is 327 g/mol. The van der Waals surface area contributed by atoms with Crippen LogP contribution < -0.4 is 0 Å². The summed E-state index contributed by atoms with van der Waals surface area (Å²) in [6.07, 6.45) is 1.59. The lowest BCUT2D eigenvalue weighted by Crippen LogP contribution is -2.35. The van der Waals surface area contributed by atoms with Gasteiger partial charge in [0.05, 0.1) is 12.2 Å². The third-order valence-corrected chi connectivity index (χ3v) is 3.64. The highest BCUT2D eigenvalue weighted by atomic mass is 19.1. The van der Waals surface area contributed by atoms with E-state index >= 15 is 0 Å². The van der Waals surface area contributed by atoms with Crippen molar-refractivity contribution in [3.63, 3.8) is 0 Å². The smallest absolute Gasteiger partial charge is 0.325 e. The van der Waals surface area contributed by atoms with Crippen LogP contribution in [-0.4, -0.2) is 47.3 Å². The van der Waals surface area contributed by atoms with Gasteiger partial charge < -0.3 is 14.2 Å². The van der Waals surface area contributed by atoms with Crippen molar-refractivity contribution in [1.29, 1.82) is 0 Å². The lowest BCUT2D eigenvalue weighted by atomic mass is 10.0. The van der Waals surface area contributed by atoms with E-state index in [1.54, 1.807) is 20.2 Å². The molecule has 0 aliphatic heterocycles. The highest BCUT2D eigenvalue weighted by molar-refractivity contribution is 6.15. The molecule has 25 heavy (non-hydrogen) atoms. The van der Waals surface area contributed by atoms with E-state index in [1.807, 2.05) is 0 Å². The van der Waals surface area contributed by atoms with Crippen molar-refractivity contribution in [1.82, 2.24) is 9.47 Å². The summed E-state index contributed by atoms with van der Waals surface area (Å²) in [7, 11) is 3.09. The van der Waals surface area contributed by atoms with E-state index in [-0.39, 0.29) is 30.0 Å². The zero-order chi connectivity index (χ0) is 18.6. The molecule has 132 valence electrons. The molecule has 2 rings (SSSR count). The first kappa shape index (κ1) is 18.4. The number of carbonyl (C=O) groups excluding carboxylic acids is 3.